The van der Waals surface area contributed by atoms with E-state index in [9.17, 15) is 13.2 Å². The quantitative estimate of drug-likeness (QED) is 0.788. The van der Waals surface area contributed by atoms with Gasteiger partial charge >= 0.3 is 5.97 Å². The van der Waals surface area contributed by atoms with Crippen LogP contribution in [0.25, 0.3) is 0 Å². The molecule has 0 spiro atoms. The Morgan fingerprint density at radius 1 is 1.53 bits per heavy atom. The van der Waals surface area contributed by atoms with Gasteiger partial charge in [-0.05, 0) is 6.92 Å². The normalized spacial score (nSPS) is 20.6. The summed E-state index contributed by atoms with van der Waals surface area (Å²) in [7, 11) is -2.18. The molecule has 1 aromatic rings. The summed E-state index contributed by atoms with van der Waals surface area (Å²) in [6.45, 7) is 1.78. The highest BCUT2D eigenvalue weighted by Crippen LogP contribution is 2.22. The lowest BCUT2D eigenvalue weighted by Crippen LogP contribution is -2.40. The number of carbonyl (C=O) groups is 1. The molecule has 0 amide bonds. The Morgan fingerprint density at radius 2 is 2.21 bits per heavy atom. The Kier molecular flexibility index (Phi) is 3.46. The molecule has 2 heterocycles. The lowest BCUT2D eigenvalue weighted by Gasteiger charge is -2.26. The van der Waals surface area contributed by atoms with E-state index in [-0.39, 0.29) is 18.1 Å². The number of hydrogen-bond donors (Lipinski definition) is 1. The molecule has 1 unspecified atom stereocenters. The average molecular weight is 285 g/mol. The first-order valence-corrected chi connectivity index (χ1v) is 7.16. The SMILES string of the molecule is Cc1cnn(C)c1S(=O)(=O)N1CC=CC(C(=O)O)C1. The standard InChI is InChI=1S/C11H15N3O4S/c1-8-6-12-13(2)10(8)19(17,18)14-5-3-4-9(7-14)11(15)16/h3-4,6,9H,5,7H2,1-2H3,(H,15,16). The van der Waals surface area contributed by atoms with Crippen molar-refractivity contribution in [2.24, 2.45) is 13.0 Å². The van der Waals surface area contributed by atoms with Gasteiger partial charge in [-0.15, -0.1) is 0 Å². The van der Waals surface area contributed by atoms with Crippen LogP contribution in [-0.4, -0.2) is 46.7 Å². The van der Waals surface area contributed by atoms with Gasteiger partial charge in [0.1, 0.15) is 0 Å². The largest absolute Gasteiger partial charge is 0.481 e. The molecule has 1 aromatic heterocycles. The zero-order valence-electron chi connectivity index (χ0n) is 10.6. The average Bonchev–Trinajstić information content (AvgIpc) is 2.69. The zero-order valence-corrected chi connectivity index (χ0v) is 11.5. The summed E-state index contributed by atoms with van der Waals surface area (Å²) in [5.41, 5.74) is 0.545. The molecule has 8 heteroatoms. The third kappa shape index (κ3) is 2.41. The number of sulfonamides is 1. The van der Waals surface area contributed by atoms with Gasteiger partial charge in [0.25, 0.3) is 10.0 Å². The first-order chi connectivity index (χ1) is 8.84. The van der Waals surface area contributed by atoms with Crippen LogP contribution in [0.2, 0.25) is 0 Å². The highest BCUT2D eigenvalue weighted by atomic mass is 32.2. The number of aryl methyl sites for hydroxylation is 2. The van der Waals surface area contributed by atoms with Crippen molar-refractivity contribution in [3.63, 3.8) is 0 Å². The van der Waals surface area contributed by atoms with Crippen LogP contribution >= 0.6 is 0 Å². The molecular weight excluding hydrogens is 270 g/mol. The van der Waals surface area contributed by atoms with Crippen molar-refractivity contribution in [2.75, 3.05) is 13.1 Å². The number of aliphatic carboxylic acids is 1. The van der Waals surface area contributed by atoms with Crippen LogP contribution in [0.3, 0.4) is 0 Å². The summed E-state index contributed by atoms with van der Waals surface area (Å²) in [4.78, 5) is 11.0. The van der Waals surface area contributed by atoms with Crippen molar-refractivity contribution in [2.45, 2.75) is 11.9 Å². The van der Waals surface area contributed by atoms with Crippen molar-refractivity contribution >= 4 is 16.0 Å². The number of hydrogen-bond acceptors (Lipinski definition) is 4. The predicted molar refractivity (Wildman–Crippen MR) is 67.0 cm³/mol. The van der Waals surface area contributed by atoms with E-state index in [0.29, 0.717) is 5.56 Å². The monoisotopic (exact) mass is 285 g/mol. The Labute approximate surface area is 111 Å². The van der Waals surface area contributed by atoms with Crippen molar-refractivity contribution in [3.05, 3.63) is 23.9 Å². The summed E-state index contributed by atoms with van der Waals surface area (Å²) in [5.74, 6) is -1.84. The first kappa shape index (κ1) is 13.8. The molecular formula is C11H15N3O4S. The molecule has 0 aromatic carbocycles. The molecule has 0 radical (unpaired) electrons. The summed E-state index contributed by atoms with van der Waals surface area (Å²) in [6.07, 6.45) is 4.55. The van der Waals surface area contributed by atoms with E-state index in [1.54, 1.807) is 20.0 Å². The van der Waals surface area contributed by atoms with E-state index >= 15 is 0 Å². The van der Waals surface area contributed by atoms with Crippen molar-refractivity contribution in [1.29, 1.82) is 0 Å². The number of carboxylic acids is 1. The lowest BCUT2D eigenvalue weighted by molar-refractivity contribution is -0.140. The molecule has 0 fully saturated rings. The lowest BCUT2D eigenvalue weighted by atomic mass is 10.1. The van der Waals surface area contributed by atoms with Gasteiger partial charge in [-0.25, -0.2) is 8.42 Å². The fourth-order valence-corrected chi connectivity index (χ4v) is 3.81. The maximum Gasteiger partial charge on any atom is 0.311 e. The Balaban J connectivity index is 2.37. The Morgan fingerprint density at radius 3 is 2.74 bits per heavy atom. The Bertz CT molecular complexity index is 613. The minimum atomic E-state index is -3.73. The summed E-state index contributed by atoms with van der Waals surface area (Å²) in [6, 6.07) is 0. The third-order valence-electron chi connectivity index (χ3n) is 3.04. The summed E-state index contributed by atoms with van der Waals surface area (Å²) < 4.78 is 27.4. The van der Waals surface area contributed by atoms with E-state index < -0.39 is 21.9 Å². The summed E-state index contributed by atoms with van der Waals surface area (Å²) in [5, 5.41) is 13.0. The molecule has 104 valence electrons. The van der Waals surface area contributed by atoms with Crippen LogP contribution < -0.4 is 0 Å². The summed E-state index contributed by atoms with van der Waals surface area (Å²) >= 11 is 0. The van der Waals surface area contributed by atoms with Crippen LogP contribution in [0.15, 0.2) is 23.4 Å². The van der Waals surface area contributed by atoms with Crippen LogP contribution in [-0.2, 0) is 21.9 Å². The zero-order chi connectivity index (χ0) is 14.2. The molecule has 0 aliphatic carbocycles. The van der Waals surface area contributed by atoms with Crippen LogP contribution in [0.1, 0.15) is 5.56 Å². The van der Waals surface area contributed by atoms with Crippen molar-refractivity contribution in [3.8, 4) is 0 Å². The second-order valence-electron chi connectivity index (χ2n) is 4.45. The minimum absolute atomic E-state index is 0.0568. The highest BCUT2D eigenvalue weighted by molar-refractivity contribution is 7.89. The molecule has 19 heavy (non-hydrogen) atoms. The van der Waals surface area contributed by atoms with E-state index in [1.807, 2.05) is 0 Å². The van der Waals surface area contributed by atoms with Gasteiger partial charge in [0, 0.05) is 25.7 Å². The van der Waals surface area contributed by atoms with Crippen molar-refractivity contribution < 1.29 is 18.3 Å². The van der Waals surface area contributed by atoms with Gasteiger partial charge in [-0.2, -0.15) is 9.40 Å². The van der Waals surface area contributed by atoms with E-state index in [4.69, 9.17) is 5.11 Å². The Hall–Kier alpha value is -1.67. The first-order valence-electron chi connectivity index (χ1n) is 5.72. The topological polar surface area (TPSA) is 92.5 Å². The molecule has 1 N–H and O–H groups in total. The second-order valence-corrected chi connectivity index (χ2v) is 6.30. The number of aromatic nitrogens is 2. The van der Waals surface area contributed by atoms with Gasteiger partial charge in [-0.1, -0.05) is 12.2 Å². The van der Waals surface area contributed by atoms with Crippen molar-refractivity contribution in [1.82, 2.24) is 14.1 Å². The van der Waals surface area contributed by atoms with Gasteiger partial charge < -0.3 is 5.11 Å². The molecule has 7 nitrogen and oxygen atoms in total. The van der Waals surface area contributed by atoms with E-state index in [2.05, 4.69) is 5.10 Å². The van der Waals surface area contributed by atoms with Gasteiger partial charge in [0.2, 0.25) is 0 Å². The number of carboxylic acid groups (broad SMARTS) is 1. The van der Waals surface area contributed by atoms with Crippen LogP contribution in [0.4, 0.5) is 0 Å². The molecule has 0 saturated heterocycles. The maximum absolute atomic E-state index is 12.5. The molecule has 1 atom stereocenters. The van der Waals surface area contributed by atoms with Gasteiger partial charge in [0.05, 0.1) is 12.1 Å². The number of rotatable bonds is 3. The fraction of sp³-hybridized carbons (Fsp3) is 0.455. The minimum Gasteiger partial charge on any atom is -0.481 e. The van der Waals surface area contributed by atoms with Crippen LogP contribution in [0, 0.1) is 12.8 Å². The molecule has 1 aliphatic heterocycles. The predicted octanol–water partition coefficient (Wildman–Crippen LogP) is -0.0102. The van der Waals surface area contributed by atoms with E-state index in [1.165, 1.54) is 17.0 Å². The number of nitrogens with zero attached hydrogens (tertiary/aromatic N) is 3. The third-order valence-corrected chi connectivity index (χ3v) is 5.09. The molecule has 1 aliphatic rings. The second kappa shape index (κ2) is 4.78. The maximum atomic E-state index is 12.5. The molecule has 2 rings (SSSR count). The molecule has 0 bridgehead atoms. The highest BCUT2D eigenvalue weighted by Gasteiger charge is 2.33. The van der Waals surface area contributed by atoms with Gasteiger partial charge in [0.15, 0.2) is 5.03 Å². The fourth-order valence-electron chi connectivity index (χ4n) is 2.08. The smallest absolute Gasteiger partial charge is 0.311 e. The van der Waals surface area contributed by atoms with E-state index in [0.717, 1.165) is 4.31 Å². The van der Waals surface area contributed by atoms with Crippen LogP contribution in [0.5, 0.6) is 0 Å². The molecule has 0 saturated carbocycles. The van der Waals surface area contributed by atoms with Gasteiger partial charge in [-0.3, -0.25) is 9.48 Å².